The van der Waals surface area contributed by atoms with E-state index in [1.807, 2.05) is 43.3 Å². The first kappa shape index (κ1) is 15.3. The lowest BCUT2D eigenvalue weighted by atomic mass is 10.1. The zero-order valence-corrected chi connectivity index (χ0v) is 13.1. The fourth-order valence-corrected chi connectivity index (χ4v) is 2.21. The highest BCUT2D eigenvalue weighted by Gasteiger charge is 2.17. The van der Waals surface area contributed by atoms with Gasteiger partial charge in [-0.05, 0) is 40.5 Å². The first-order valence-electron chi connectivity index (χ1n) is 6.49. The molecule has 5 heteroatoms. The van der Waals surface area contributed by atoms with Gasteiger partial charge in [0.2, 0.25) is 0 Å². The van der Waals surface area contributed by atoms with Gasteiger partial charge in [0.05, 0.1) is 11.7 Å². The Kier molecular flexibility index (Phi) is 5.11. The van der Waals surface area contributed by atoms with Gasteiger partial charge in [-0.15, -0.1) is 0 Å². The maximum Gasteiger partial charge on any atom is 0.313 e. The Balaban J connectivity index is 1.97. The highest BCUT2D eigenvalue weighted by atomic mass is 79.9. The van der Waals surface area contributed by atoms with E-state index in [2.05, 4.69) is 26.6 Å². The van der Waals surface area contributed by atoms with Crippen LogP contribution < -0.4 is 10.6 Å². The molecule has 0 bridgehead atoms. The van der Waals surface area contributed by atoms with E-state index in [1.54, 1.807) is 18.2 Å². The predicted octanol–water partition coefficient (Wildman–Crippen LogP) is 3.27. The van der Waals surface area contributed by atoms with Crippen LogP contribution in [0, 0.1) is 0 Å². The van der Waals surface area contributed by atoms with Gasteiger partial charge in [-0.1, -0.05) is 42.5 Å². The van der Waals surface area contributed by atoms with Gasteiger partial charge >= 0.3 is 11.8 Å². The average molecular weight is 347 g/mol. The SMILES string of the molecule is CC(NC(=O)C(=O)Nc1ccccc1Br)c1ccccc1. The summed E-state index contributed by atoms with van der Waals surface area (Å²) in [5.41, 5.74) is 1.50. The van der Waals surface area contributed by atoms with Gasteiger partial charge < -0.3 is 10.6 Å². The number of rotatable bonds is 3. The molecule has 2 aromatic rings. The molecule has 0 aliphatic heterocycles. The monoisotopic (exact) mass is 346 g/mol. The second-order valence-corrected chi connectivity index (χ2v) is 5.39. The number of anilines is 1. The summed E-state index contributed by atoms with van der Waals surface area (Å²) >= 11 is 3.32. The summed E-state index contributed by atoms with van der Waals surface area (Å²) in [6.07, 6.45) is 0. The maximum atomic E-state index is 11.9. The van der Waals surface area contributed by atoms with Crippen LogP contribution in [-0.2, 0) is 9.59 Å². The minimum absolute atomic E-state index is 0.233. The third-order valence-electron chi connectivity index (χ3n) is 2.98. The van der Waals surface area contributed by atoms with Crippen molar-refractivity contribution in [2.75, 3.05) is 5.32 Å². The predicted molar refractivity (Wildman–Crippen MR) is 85.8 cm³/mol. The van der Waals surface area contributed by atoms with Gasteiger partial charge in [-0.2, -0.15) is 0 Å². The fraction of sp³-hybridized carbons (Fsp3) is 0.125. The number of hydrogen-bond donors (Lipinski definition) is 2. The Morgan fingerprint density at radius 2 is 1.57 bits per heavy atom. The van der Waals surface area contributed by atoms with Gasteiger partial charge in [0.15, 0.2) is 0 Å². The third kappa shape index (κ3) is 4.16. The third-order valence-corrected chi connectivity index (χ3v) is 3.67. The minimum Gasteiger partial charge on any atom is -0.341 e. The molecule has 2 rings (SSSR count). The lowest BCUT2D eigenvalue weighted by molar-refractivity contribution is -0.136. The molecule has 1 atom stereocenters. The van der Waals surface area contributed by atoms with E-state index in [9.17, 15) is 9.59 Å². The van der Waals surface area contributed by atoms with E-state index in [0.29, 0.717) is 5.69 Å². The van der Waals surface area contributed by atoms with Crippen molar-refractivity contribution >= 4 is 33.4 Å². The molecule has 0 saturated carbocycles. The van der Waals surface area contributed by atoms with Crippen LogP contribution in [0.4, 0.5) is 5.69 Å². The van der Waals surface area contributed by atoms with Crippen molar-refractivity contribution in [3.63, 3.8) is 0 Å². The first-order chi connectivity index (χ1) is 10.1. The summed E-state index contributed by atoms with van der Waals surface area (Å²) in [5.74, 6) is -1.35. The molecule has 4 nitrogen and oxygen atoms in total. The summed E-state index contributed by atoms with van der Waals surface area (Å²) in [6, 6.07) is 16.4. The minimum atomic E-state index is -0.690. The highest BCUT2D eigenvalue weighted by Crippen LogP contribution is 2.21. The molecule has 2 N–H and O–H groups in total. The summed E-state index contributed by atoms with van der Waals surface area (Å²) in [5, 5.41) is 5.24. The molecule has 1 unspecified atom stereocenters. The molecular weight excluding hydrogens is 332 g/mol. The van der Waals surface area contributed by atoms with Crippen LogP contribution in [0.5, 0.6) is 0 Å². The van der Waals surface area contributed by atoms with Crippen LogP contribution in [0.2, 0.25) is 0 Å². The Morgan fingerprint density at radius 1 is 0.952 bits per heavy atom. The van der Waals surface area contributed by atoms with Gasteiger partial charge in [0, 0.05) is 4.47 Å². The lowest BCUT2D eigenvalue weighted by Crippen LogP contribution is -2.36. The fourth-order valence-electron chi connectivity index (χ4n) is 1.83. The number of para-hydroxylation sites is 1. The summed E-state index contributed by atoms with van der Waals surface area (Å²) in [7, 11) is 0. The van der Waals surface area contributed by atoms with E-state index >= 15 is 0 Å². The standard InChI is InChI=1S/C16H15BrN2O2/c1-11(12-7-3-2-4-8-12)18-15(20)16(21)19-14-10-6-5-9-13(14)17/h2-11H,1H3,(H,18,20)(H,19,21). The van der Waals surface area contributed by atoms with Crippen molar-refractivity contribution in [3.05, 3.63) is 64.6 Å². The molecule has 0 heterocycles. The summed E-state index contributed by atoms with van der Waals surface area (Å²) in [4.78, 5) is 23.8. The highest BCUT2D eigenvalue weighted by molar-refractivity contribution is 9.10. The van der Waals surface area contributed by atoms with Gasteiger partial charge in [-0.25, -0.2) is 0 Å². The largest absolute Gasteiger partial charge is 0.341 e. The molecule has 0 spiro atoms. The molecule has 0 aliphatic carbocycles. The second kappa shape index (κ2) is 7.04. The van der Waals surface area contributed by atoms with Crippen LogP contribution in [0.1, 0.15) is 18.5 Å². The summed E-state index contributed by atoms with van der Waals surface area (Å²) in [6.45, 7) is 1.83. The zero-order chi connectivity index (χ0) is 15.2. The Labute approximate surface area is 131 Å². The van der Waals surface area contributed by atoms with Crippen LogP contribution >= 0.6 is 15.9 Å². The van der Waals surface area contributed by atoms with E-state index in [-0.39, 0.29) is 6.04 Å². The molecular formula is C16H15BrN2O2. The molecule has 0 aliphatic rings. The smallest absolute Gasteiger partial charge is 0.313 e. The molecule has 2 amide bonds. The van der Waals surface area contributed by atoms with E-state index in [0.717, 1.165) is 10.0 Å². The summed E-state index contributed by atoms with van der Waals surface area (Å²) < 4.78 is 0.724. The van der Waals surface area contributed by atoms with Gasteiger partial charge in [-0.3, -0.25) is 9.59 Å². The molecule has 0 saturated heterocycles. The number of hydrogen-bond acceptors (Lipinski definition) is 2. The van der Waals surface area contributed by atoms with Gasteiger partial charge in [0.25, 0.3) is 0 Å². The van der Waals surface area contributed by atoms with Crippen LogP contribution in [0.25, 0.3) is 0 Å². The molecule has 21 heavy (non-hydrogen) atoms. The van der Waals surface area contributed by atoms with Crippen LogP contribution in [0.15, 0.2) is 59.1 Å². The van der Waals surface area contributed by atoms with Crippen LogP contribution in [-0.4, -0.2) is 11.8 Å². The van der Waals surface area contributed by atoms with Crippen LogP contribution in [0.3, 0.4) is 0 Å². The van der Waals surface area contributed by atoms with Crippen molar-refractivity contribution < 1.29 is 9.59 Å². The molecule has 0 radical (unpaired) electrons. The van der Waals surface area contributed by atoms with Gasteiger partial charge in [0.1, 0.15) is 0 Å². The molecule has 2 aromatic carbocycles. The van der Waals surface area contributed by atoms with Crippen molar-refractivity contribution in [1.29, 1.82) is 0 Å². The molecule has 0 fully saturated rings. The number of halogens is 1. The number of amides is 2. The first-order valence-corrected chi connectivity index (χ1v) is 7.28. The molecule has 108 valence electrons. The normalized spacial score (nSPS) is 11.5. The quantitative estimate of drug-likeness (QED) is 0.838. The lowest BCUT2D eigenvalue weighted by Gasteiger charge is -2.14. The Hall–Kier alpha value is -2.14. The zero-order valence-electron chi connectivity index (χ0n) is 11.5. The van der Waals surface area contributed by atoms with Crippen molar-refractivity contribution in [1.82, 2.24) is 5.32 Å². The van der Waals surface area contributed by atoms with Crippen molar-refractivity contribution in [3.8, 4) is 0 Å². The second-order valence-electron chi connectivity index (χ2n) is 4.54. The van der Waals surface area contributed by atoms with Crippen molar-refractivity contribution in [2.45, 2.75) is 13.0 Å². The topological polar surface area (TPSA) is 58.2 Å². The Morgan fingerprint density at radius 3 is 2.24 bits per heavy atom. The van der Waals surface area contributed by atoms with E-state index in [1.165, 1.54) is 0 Å². The number of carbonyl (C=O) groups is 2. The maximum absolute atomic E-state index is 11.9. The van der Waals surface area contributed by atoms with E-state index < -0.39 is 11.8 Å². The number of carbonyl (C=O) groups excluding carboxylic acids is 2. The Bertz CT molecular complexity index is 644. The number of benzene rings is 2. The van der Waals surface area contributed by atoms with E-state index in [4.69, 9.17) is 0 Å². The van der Waals surface area contributed by atoms with Crippen molar-refractivity contribution in [2.24, 2.45) is 0 Å². The molecule has 0 aromatic heterocycles. The number of nitrogens with one attached hydrogen (secondary N) is 2. The average Bonchev–Trinajstić information content (AvgIpc) is 2.50.